The van der Waals surface area contributed by atoms with Gasteiger partial charge in [-0.2, -0.15) is 0 Å². The second kappa shape index (κ2) is 5.45. The molecule has 1 N–H and O–H groups in total. The van der Waals surface area contributed by atoms with Crippen LogP contribution in [0.5, 0.6) is 0 Å². The second-order valence-corrected chi connectivity index (χ2v) is 6.17. The molecule has 0 amide bonds. The Morgan fingerprint density at radius 2 is 2.22 bits per heavy atom. The molecule has 23 heavy (non-hydrogen) atoms. The van der Waals surface area contributed by atoms with Crippen LogP contribution in [0.1, 0.15) is 29.6 Å². The molecule has 0 unspecified atom stereocenters. The Bertz CT molecular complexity index is 863. The van der Waals surface area contributed by atoms with Gasteiger partial charge in [-0.05, 0) is 37.6 Å². The number of nitrogens with zero attached hydrogens (tertiary/aromatic N) is 4. The number of benzene rings is 1. The summed E-state index contributed by atoms with van der Waals surface area (Å²) in [6.45, 7) is 7.55. The maximum Gasteiger partial charge on any atom is 0.123 e. The highest BCUT2D eigenvalue weighted by molar-refractivity contribution is 5.84. The minimum atomic E-state index is -0.180. The van der Waals surface area contributed by atoms with Crippen molar-refractivity contribution in [2.45, 2.75) is 39.9 Å². The van der Waals surface area contributed by atoms with Gasteiger partial charge in [0.25, 0.3) is 0 Å². The lowest BCUT2D eigenvalue weighted by Gasteiger charge is -2.27. The lowest BCUT2D eigenvalue weighted by molar-refractivity contribution is 0.237. The van der Waals surface area contributed by atoms with E-state index in [1.54, 1.807) is 6.07 Å². The van der Waals surface area contributed by atoms with Crippen LogP contribution >= 0.6 is 0 Å². The number of halogens is 1. The van der Waals surface area contributed by atoms with Gasteiger partial charge in [0.1, 0.15) is 5.82 Å². The van der Waals surface area contributed by atoms with Gasteiger partial charge in [0.15, 0.2) is 0 Å². The van der Waals surface area contributed by atoms with Gasteiger partial charge in [0.05, 0.1) is 11.4 Å². The van der Waals surface area contributed by atoms with Crippen LogP contribution in [0.15, 0.2) is 18.2 Å². The van der Waals surface area contributed by atoms with Crippen LogP contribution in [0.3, 0.4) is 0 Å². The summed E-state index contributed by atoms with van der Waals surface area (Å²) in [5.41, 5.74) is 5.64. The lowest BCUT2D eigenvalue weighted by atomic mass is 10.0. The summed E-state index contributed by atoms with van der Waals surface area (Å²) in [7, 11) is 0. The van der Waals surface area contributed by atoms with Gasteiger partial charge in [0, 0.05) is 49.2 Å². The molecule has 0 aliphatic carbocycles. The van der Waals surface area contributed by atoms with E-state index in [2.05, 4.69) is 27.1 Å². The van der Waals surface area contributed by atoms with Crippen molar-refractivity contribution in [3.8, 4) is 0 Å². The first-order valence-corrected chi connectivity index (χ1v) is 8.06. The summed E-state index contributed by atoms with van der Waals surface area (Å²) in [5.74, 6) is -0.180. The van der Waals surface area contributed by atoms with E-state index >= 15 is 0 Å². The van der Waals surface area contributed by atoms with Crippen LogP contribution in [0.2, 0.25) is 0 Å². The molecule has 0 radical (unpaired) electrons. The highest BCUT2D eigenvalue weighted by Gasteiger charge is 2.22. The summed E-state index contributed by atoms with van der Waals surface area (Å²) in [6, 6.07) is 4.97. The fraction of sp³-hybridized carbons (Fsp3) is 0.412. The normalized spacial score (nSPS) is 15.3. The average molecular weight is 313 g/mol. The molecule has 2 aromatic heterocycles. The predicted molar refractivity (Wildman–Crippen MR) is 86.5 cm³/mol. The number of aromatic nitrogens is 4. The van der Waals surface area contributed by atoms with E-state index in [0.29, 0.717) is 0 Å². The van der Waals surface area contributed by atoms with Crippen molar-refractivity contribution in [3.05, 3.63) is 46.7 Å². The Morgan fingerprint density at radius 1 is 1.35 bits per heavy atom. The van der Waals surface area contributed by atoms with Crippen LogP contribution in [-0.2, 0) is 26.1 Å². The van der Waals surface area contributed by atoms with Gasteiger partial charge in [-0.3, -0.25) is 4.90 Å². The Kier molecular flexibility index (Phi) is 3.41. The lowest BCUT2D eigenvalue weighted by Crippen LogP contribution is -2.31. The Morgan fingerprint density at radius 3 is 3.04 bits per heavy atom. The molecule has 1 aliphatic heterocycles. The molecule has 0 atom stereocenters. The number of aryl methyl sites for hydroxylation is 2. The Balaban J connectivity index is 1.64. The molecule has 0 saturated heterocycles. The fourth-order valence-corrected chi connectivity index (χ4v) is 3.46. The SMILES string of the molecule is CCn1nnc(C)c1CN1CCc2[nH]c3ccc(F)cc3c2C1. The van der Waals surface area contributed by atoms with Crippen LogP contribution in [0, 0.1) is 12.7 Å². The number of fused-ring (bicyclic) bond motifs is 3. The predicted octanol–water partition coefficient (Wildman–Crippen LogP) is 2.79. The topological polar surface area (TPSA) is 49.7 Å². The van der Waals surface area contributed by atoms with Crippen LogP contribution in [0.25, 0.3) is 10.9 Å². The second-order valence-electron chi connectivity index (χ2n) is 6.17. The third-order valence-corrected chi connectivity index (χ3v) is 4.72. The summed E-state index contributed by atoms with van der Waals surface area (Å²) >= 11 is 0. The van der Waals surface area contributed by atoms with E-state index in [0.717, 1.165) is 49.2 Å². The van der Waals surface area contributed by atoms with Gasteiger partial charge in [0.2, 0.25) is 0 Å². The smallest absolute Gasteiger partial charge is 0.123 e. The van der Waals surface area contributed by atoms with Gasteiger partial charge in [-0.25, -0.2) is 9.07 Å². The van der Waals surface area contributed by atoms with Crippen LogP contribution < -0.4 is 0 Å². The molecule has 0 saturated carbocycles. The largest absolute Gasteiger partial charge is 0.358 e. The number of rotatable bonds is 3. The first-order chi connectivity index (χ1) is 11.2. The molecule has 6 heteroatoms. The molecule has 3 heterocycles. The number of hydrogen-bond acceptors (Lipinski definition) is 3. The highest BCUT2D eigenvalue weighted by Crippen LogP contribution is 2.29. The van der Waals surface area contributed by atoms with Crippen molar-refractivity contribution in [2.24, 2.45) is 0 Å². The molecule has 1 aromatic carbocycles. The molecule has 3 aromatic rings. The third-order valence-electron chi connectivity index (χ3n) is 4.72. The number of aromatic amines is 1. The quantitative estimate of drug-likeness (QED) is 0.809. The maximum absolute atomic E-state index is 13.6. The van der Waals surface area contributed by atoms with Crippen molar-refractivity contribution in [3.63, 3.8) is 0 Å². The van der Waals surface area contributed by atoms with E-state index in [9.17, 15) is 4.39 Å². The molecule has 4 rings (SSSR count). The van der Waals surface area contributed by atoms with Gasteiger partial charge in [-0.15, -0.1) is 5.10 Å². The molecular formula is C17H20FN5. The summed E-state index contributed by atoms with van der Waals surface area (Å²) in [4.78, 5) is 5.82. The number of nitrogens with one attached hydrogen (secondary N) is 1. The zero-order valence-electron chi connectivity index (χ0n) is 13.4. The minimum absolute atomic E-state index is 0.180. The molecule has 0 spiro atoms. The summed E-state index contributed by atoms with van der Waals surface area (Å²) < 4.78 is 15.5. The minimum Gasteiger partial charge on any atom is -0.358 e. The standard InChI is InChI=1S/C17H20FN5/c1-3-23-17(11(2)20-21-23)10-22-7-6-16-14(9-22)13-8-12(18)4-5-15(13)19-16/h4-5,8,19H,3,6-7,9-10H2,1-2H3. The van der Waals surface area contributed by atoms with Gasteiger partial charge in [-0.1, -0.05) is 5.21 Å². The highest BCUT2D eigenvalue weighted by atomic mass is 19.1. The summed E-state index contributed by atoms with van der Waals surface area (Å²) in [6.07, 6.45) is 0.957. The number of hydrogen-bond donors (Lipinski definition) is 1. The average Bonchev–Trinajstić information content (AvgIpc) is 3.08. The first kappa shape index (κ1) is 14.4. The van der Waals surface area contributed by atoms with Crippen molar-refractivity contribution >= 4 is 10.9 Å². The maximum atomic E-state index is 13.6. The zero-order valence-corrected chi connectivity index (χ0v) is 13.4. The zero-order chi connectivity index (χ0) is 16.0. The van der Waals surface area contributed by atoms with Crippen molar-refractivity contribution in [1.82, 2.24) is 24.9 Å². The van der Waals surface area contributed by atoms with Crippen molar-refractivity contribution in [2.75, 3.05) is 6.54 Å². The monoisotopic (exact) mass is 313 g/mol. The fourth-order valence-electron chi connectivity index (χ4n) is 3.46. The van der Waals surface area contributed by atoms with Crippen LogP contribution in [0.4, 0.5) is 4.39 Å². The molecule has 5 nitrogen and oxygen atoms in total. The van der Waals surface area contributed by atoms with E-state index in [-0.39, 0.29) is 5.82 Å². The van der Waals surface area contributed by atoms with E-state index in [1.807, 2.05) is 17.7 Å². The van der Waals surface area contributed by atoms with Crippen molar-refractivity contribution < 1.29 is 4.39 Å². The number of H-pyrrole nitrogens is 1. The molecule has 1 aliphatic rings. The van der Waals surface area contributed by atoms with Gasteiger partial charge < -0.3 is 4.98 Å². The first-order valence-electron chi connectivity index (χ1n) is 8.06. The van der Waals surface area contributed by atoms with Crippen LogP contribution in [-0.4, -0.2) is 31.4 Å². The van der Waals surface area contributed by atoms with Gasteiger partial charge >= 0.3 is 0 Å². The molecular weight excluding hydrogens is 293 g/mol. The van der Waals surface area contributed by atoms with E-state index in [1.165, 1.54) is 23.0 Å². The molecule has 0 bridgehead atoms. The summed E-state index contributed by atoms with van der Waals surface area (Å²) in [5, 5.41) is 9.36. The molecule has 120 valence electrons. The van der Waals surface area contributed by atoms with E-state index in [4.69, 9.17) is 0 Å². The Labute approximate surface area is 134 Å². The third kappa shape index (κ3) is 2.43. The van der Waals surface area contributed by atoms with E-state index < -0.39 is 0 Å². The Hall–Kier alpha value is -2.21. The molecule has 0 fully saturated rings. The van der Waals surface area contributed by atoms with Crippen molar-refractivity contribution in [1.29, 1.82) is 0 Å².